The molecule has 0 unspecified atom stereocenters. The number of aromatic nitrogens is 2. The molecule has 2 rings (SSSR count). The third-order valence-electron chi connectivity index (χ3n) is 1.39. The molecule has 2 aromatic heterocycles. The summed E-state index contributed by atoms with van der Waals surface area (Å²) in [5.74, 6) is 0.831. The van der Waals surface area contributed by atoms with E-state index in [1.165, 1.54) is 0 Å². The van der Waals surface area contributed by atoms with E-state index < -0.39 is 0 Å². The molecular weight excluding hydrogens is 160 g/mol. The average molecular weight is 168 g/mol. The number of ether oxygens (including phenoxy) is 1. The van der Waals surface area contributed by atoms with Crippen molar-refractivity contribution in [2.75, 3.05) is 6.61 Å². The van der Waals surface area contributed by atoms with Gasteiger partial charge in [0.15, 0.2) is 0 Å². The normalized spacial score (nSPS) is 10.6. The molecule has 0 aromatic carbocycles. The van der Waals surface area contributed by atoms with Crippen LogP contribution in [-0.2, 0) is 0 Å². The number of hydrogen-bond donors (Lipinski definition) is 0. The van der Waals surface area contributed by atoms with Gasteiger partial charge in [-0.15, -0.1) is 11.3 Å². The van der Waals surface area contributed by atoms with Gasteiger partial charge in [-0.05, 0) is 13.0 Å². The third-order valence-corrected chi connectivity index (χ3v) is 2.26. The monoisotopic (exact) mass is 168 g/mol. The Hall–Kier alpha value is -1.03. The van der Waals surface area contributed by atoms with Gasteiger partial charge in [-0.3, -0.25) is 0 Å². The molecule has 3 nitrogen and oxygen atoms in total. The number of fused-ring (bicyclic) bond motifs is 1. The molecule has 0 aliphatic rings. The van der Waals surface area contributed by atoms with Gasteiger partial charge in [0, 0.05) is 0 Å². The van der Waals surface area contributed by atoms with E-state index >= 15 is 0 Å². The van der Waals surface area contributed by atoms with E-state index in [0.29, 0.717) is 6.61 Å². The van der Waals surface area contributed by atoms with Crippen LogP contribution in [0.1, 0.15) is 6.92 Å². The first-order chi connectivity index (χ1) is 5.42. The van der Waals surface area contributed by atoms with E-state index in [0.717, 1.165) is 10.7 Å². The number of hydrogen-bond acceptors (Lipinski definition) is 3. The summed E-state index contributed by atoms with van der Waals surface area (Å²) in [5.41, 5.74) is 0. The summed E-state index contributed by atoms with van der Waals surface area (Å²) >= 11 is 1.64. The van der Waals surface area contributed by atoms with Crippen LogP contribution in [0.4, 0.5) is 0 Å². The predicted molar refractivity (Wildman–Crippen MR) is 44.2 cm³/mol. The van der Waals surface area contributed by atoms with Gasteiger partial charge in [0.25, 0.3) is 0 Å². The summed E-state index contributed by atoms with van der Waals surface area (Å²) in [6.07, 6.45) is 1.77. The predicted octanol–water partition coefficient (Wildman–Crippen LogP) is 1.79. The van der Waals surface area contributed by atoms with Crippen LogP contribution in [0.5, 0.6) is 5.88 Å². The fourth-order valence-corrected chi connectivity index (χ4v) is 1.72. The first-order valence-electron chi connectivity index (χ1n) is 3.46. The maximum absolute atomic E-state index is 5.33. The summed E-state index contributed by atoms with van der Waals surface area (Å²) < 4.78 is 7.13. The highest BCUT2D eigenvalue weighted by Gasteiger charge is 2.02. The second kappa shape index (κ2) is 2.54. The van der Waals surface area contributed by atoms with Crippen molar-refractivity contribution in [2.45, 2.75) is 6.92 Å². The van der Waals surface area contributed by atoms with Crippen molar-refractivity contribution in [3.63, 3.8) is 0 Å². The summed E-state index contributed by atoms with van der Waals surface area (Å²) in [6.45, 7) is 2.65. The van der Waals surface area contributed by atoms with Crippen LogP contribution in [0.3, 0.4) is 0 Å². The zero-order valence-corrected chi connectivity index (χ0v) is 6.97. The first kappa shape index (κ1) is 6.67. The van der Waals surface area contributed by atoms with E-state index in [2.05, 4.69) is 5.10 Å². The van der Waals surface area contributed by atoms with Crippen LogP contribution < -0.4 is 4.74 Å². The van der Waals surface area contributed by atoms with Gasteiger partial charge in [-0.1, -0.05) is 0 Å². The highest BCUT2D eigenvalue weighted by molar-refractivity contribution is 7.15. The van der Waals surface area contributed by atoms with Crippen molar-refractivity contribution >= 4 is 16.2 Å². The first-order valence-corrected chi connectivity index (χ1v) is 4.34. The molecule has 0 N–H and O–H groups in total. The molecule has 0 aliphatic heterocycles. The molecule has 0 bridgehead atoms. The van der Waals surface area contributed by atoms with Gasteiger partial charge < -0.3 is 4.74 Å². The molecule has 4 heteroatoms. The van der Waals surface area contributed by atoms with Gasteiger partial charge in [-0.25, -0.2) is 0 Å². The smallest absolute Gasteiger partial charge is 0.226 e. The van der Waals surface area contributed by atoms with E-state index in [9.17, 15) is 0 Å². The Morgan fingerprint density at radius 3 is 3.45 bits per heavy atom. The minimum atomic E-state index is 0.686. The van der Waals surface area contributed by atoms with Gasteiger partial charge in [0.05, 0.1) is 18.2 Å². The summed E-state index contributed by atoms with van der Waals surface area (Å²) in [4.78, 5) is 1.12. The molecule has 0 saturated carbocycles. The maximum Gasteiger partial charge on any atom is 0.226 e. The Morgan fingerprint density at radius 2 is 2.64 bits per heavy atom. The van der Waals surface area contributed by atoms with Gasteiger partial charge in [0.1, 0.15) is 4.83 Å². The fourth-order valence-electron chi connectivity index (χ4n) is 0.950. The standard InChI is InChI=1S/C7H8N2OS/c1-2-10-6-5-11-7-3-4-8-9(6)7/h3-5H,2H2,1H3. The minimum Gasteiger partial charge on any atom is -0.477 e. The Bertz CT molecular complexity index is 352. The van der Waals surface area contributed by atoms with Crippen LogP contribution >= 0.6 is 11.3 Å². The minimum absolute atomic E-state index is 0.686. The molecule has 0 saturated heterocycles. The quantitative estimate of drug-likeness (QED) is 0.683. The SMILES string of the molecule is CCOc1csc2ccnn12. The molecule has 2 heterocycles. The molecule has 0 radical (unpaired) electrons. The molecule has 0 fully saturated rings. The fraction of sp³-hybridized carbons (Fsp3) is 0.286. The second-order valence-corrected chi connectivity index (χ2v) is 2.98. The van der Waals surface area contributed by atoms with Crippen molar-refractivity contribution in [2.24, 2.45) is 0 Å². The molecular formula is C7H8N2OS. The molecule has 0 aliphatic carbocycles. The van der Waals surface area contributed by atoms with Crippen LogP contribution in [0.25, 0.3) is 4.83 Å². The Balaban J connectivity index is 2.51. The summed E-state index contributed by atoms with van der Waals surface area (Å²) in [5, 5.41) is 6.06. The number of nitrogens with zero attached hydrogens (tertiary/aromatic N) is 2. The van der Waals surface area contributed by atoms with Crippen LogP contribution in [0.15, 0.2) is 17.6 Å². The third kappa shape index (κ3) is 0.991. The Labute approximate surface area is 68.2 Å². The molecule has 0 amide bonds. The lowest BCUT2D eigenvalue weighted by molar-refractivity contribution is 0.320. The zero-order chi connectivity index (χ0) is 7.68. The lowest BCUT2D eigenvalue weighted by Gasteiger charge is -1.97. The summed E-state index contributed by atoms with van der Waals surface area (Å²) in [7, 11) is 0. The molecule has 58 valence electrons. The van der Waals surface area contributed by atoms with Crippen LogP contribution in [-0.4, -0.2) is 16.2 Å². The van der Waals surface area contributed by atoms with Gasteiger partial charge in [-0.2, -0.15) is 9.61 Å². The lowest BCUT2D eigenvalue weighted by atomic mass is 10.7. The number of rotatable bonds is 2. The van der Waals surface area contributed by atoms with E-state index in [1.807, 2.05) is 18.4 Å². The van der Waals surface area contributed by atoms with E-state index in [1.54, 1.807) is 22.0 Å². The lowest BCUT2D eigenvalue weighted by Crippen LogP contribution is -1.95. The number of thiazole rings is 1. The van der Waals surface area contributed by atoms with Crippen molar-refractivity contribution < 1.29 is 4.74 Å². The average Bonchev–Trinajstić information content (AvgIpc) is 2.53. The van der Waals surface area contributed by atoms with Gasteiger partial charge >= 0.3 is 0 Å². The van der Waals surface area contributed by atoms with Crippen molar-refractivity contribution in [1.82, 2.24) is 9.61 Å². The maximum atomic E-state index is 5.33. The highest BCUT2D eigenvalue weighted by Crippen LogP contribution is 2.20. The van der Waals surface area contributed by atoms with Crippen LogP contribution in [0.2, 0.25) is 0 Å². The molecule has 11 heavy (non-hydrogen) atoms. The van der Waals surface area contributed by atoms with Crippen molar-refractivity contribution in [3.05, 3.63) is 17.6 Å². The highest BCUT2D eigenvalue weighted by atomic mass is 32.1. The topological polar surface area (TPSA) is 26.5 Å². The molecule has 0 spiro atoms. The van der Waals surface area contributed by atoms with Crippen molar-refractivity contribution in [3.8, 4) is 5.88 Å². The Morgan fingerprint density at radius 1 is 1.73 bits per heavy atom. The van der Waals surface area contributed by atoms with Gasteiger partial charge in [0.2, 0.25) is 5.88 Å². The van der Waals surface area contributed by atoms with Crippen LogP contribution in [0, 0.1) is 0 Å². The molecule has 2 aromatic rings. The molecule has 0 atom stereocenters. The second-order valence-electron chi connectivity index (χ2n) is 2.09. The zero-order valence-electron chi connectivity index (χ0n) is 6.15. The van der Waals surface area contributed by atoms with E-state index in [4.69, 9.17) is 4.74 Å². The van der Waals surface area contributed by atoms with E-state index in [-0.39, 0.29) is 0 Å². The van der Waals surface area contributed by atoms with Crippen molar-refractivity contribution in [1.29, 1.82) is 0 Å². The Kier molecular flexibility index (Phi) is 1.54. The largest absolute Gasteiger partial charge is 0.477 e. The summed E-state index contributed by atoms with van der Waals surface area (Å²) in [6, 6.07) is 1.97.